The van der Waals surface area contributed by atoms with Crippen molar-refractivity contribution < 1.29 is 45.1 Å². The molecule has 1 aliphatic carbocycles. The minimum atomic E-state index is -5.02. The predicted molar refractivity (Wildman–Crippen MR) is 167 cm³/mol. The molecule has 1 saturated carbocycles. The molecule has 1 aliphatic heterocycles. The Balaban J connectivity index is 1.65. The van der Waals surface area contributed by atoms with Crippen molar-refractivity contribution in [3.8, 4) is 0 Å². The number of piperidine rings is 1. The van der Waals surface area contributed by atoms with E-state index in [-0.39, 0.29) is 41.9 Å². The van der Waals surface area contributed by atoms with E-state index in [9.17, 15) is 40.3 Å². The van der Waals surface area contributed by atoms with Crippen molar-refractivity contribution in [3.05, 3.63) is 70.0 Å². The van der Waals surface area contributed by atoms with E-state index in [4.69, 9.17) is 4.74 Å². The molecular formula is C36H45F7N2O3. The molecule has 4 rings (SSSR count). The number of aryl methyl sites for hydroxylation is 1. The molecule has 0 bridgehead atoms. The molecule has 0 spiro atoms. The maximum Gasteiger partial charge on any atom is 0.416 e. The van der Waals surface area contributed by atoms with Gasteiger partial charge in [-0.3, -0.25) is 4.79 Å². The first-order chi connectivity index (χ1) is 22.4. The Labute approximate surface area is 277 Å². The molecule has 48 heavy (non-hydrogen) atoms. The molecule has 1 heterocycles. The molecule has 1 saturated heterocycles. The van der Waals surface area contributed by atoms with Gasteiger partial charge in [0.05, 0.1) is 35.2 Å². The monoisotopic (exact) mass is 686 g/mol. The number of carbonyl (C=O) groups is 2. The van der Waals surface area contributed by atoms with Crippen LogP contribution in [0.5, 0.6) is 0 Å². The number of hydrogen-bond acceptors (Lipinski definition) is 3. The van der Waals surface area contributed by atoms with Gasteiger partial charge >= 0.3 is 24.4 Å². The van der Waals surface area contributed by atoms with Crippen LogP contribution in [0.3, 0.4) is 0 Å². The maximum atomic E-state index is 14.2. The maximum absolute atomic E-state index is 14.2. The van der Waals surface area contributed by atoms with Crippen LogP contribution in [0.4, 0.5) is 35.5 Å². The van der Waals surface area contributed by atoms with Crippen molar-refractivity contribution in [1.29, 1.82) is 0 Å². The zero-order valence-electron chi connectivity index (χ0n) is 28.3. The Hall–Kier alpha value is -3.31. The summed E-state index contributed by atoms with van der Waals surface area (Å²) < 4.78 is 101. The predicted octanol–water partition coefficient (Wildman–Crippen LogP) is 10.1. The minimum absolute atomic E-state index is 0.0662. The number of likely N-dealkylation sites (tertiary alicyclic amines) is 1. The lowest BCUT2D eigenvalue weighted by molar-refractivity contribution is -0.151. The SMILES string of the molecule is CCOC(=O)C1(CC(CC)C2CCN(C(=O)N(C)C(C)c3cc(C(F)(F)F)cc(C(F)(F)F)c3)C(c3ccc(F)cc3C)C2)CC1CC. The minimum Gasteiger partial charge on any atom is -0.466 e. The molecule has 0 N–H and O–H groups in total. The molecule has 2 amide bonds. The lowest BCUT2D eigenvalue weighted by atomic mass is 9.73. The van der Waals surface area contributed by atoms with Crippen LogP contribution >= 0.6 is 0 Å². The second-order valence-corrected chi connectivity index (χ2v) is 13.5. The molecule has 0 radical (unpaired) electrons. The number of alkyl halides is 6. The quantitative estimate of drug-likeness (QED) is 0.185. The first kappa shape index (κ1) is 37.5. The van der Waals surface area contributed by atoms with Gasteiger partial charge in [0, 0.05) is 13.6 Å². The van der Waals surface area contributed by atoms with Gasteiger partial charge in [-0.1, -0.05) is 32.8 Å². The van der Waals surface area contributed by atoms with Crippen LogP contribution < -0.4 is 0 Å². The molecule has 6 atom stereocenters. The van der Waals surface area contributed by atoms with Gasteiger partial charge in [-0.25, -0.2) is 9.18 Å². The largest absolute Gasteiger partial charge is 0.466 e. The lowest BCUT2D eigenvalue weighted by Gasteiger charge is -2.45. The summed E-state index contributed by atoms with van der Waals surface area (Å²) in [7, 11) is 1.36. The van der Waals surface area contributed by atoms with Crippen LogP contribution in [0.1, 0.15) is 106 Å². The molecule has 2 aromatic rings. The van der Waals surface area contributed by atoms with E-state index < -0.39 is 52.8 Å². The first-order valence-electron chi connectivity index (χ1n) is 16.6. The Morgan fingerprint density at radius 1 is 1.02 bits per heavy atom. The van der Waals surface area contributed by atoms with E-state index in [1.54, 1.807) is 24.8 Å². The first-order valence-corrected chi connectivity index (χ1v) is 16.6. The van der Waals surface area contributed by atoms with Gasteiger partial charge in [-0.05, 0) is 111 Å². The van der Waals surface area contributed by atoms with Crippen molar-refractivity contribution in [2.75, 3.05) is 20.2 Å². The van der Waals surface area contributed by atoms with Crippen LogP contribution in [-0.2, 0) is 21.9 Å². The van der Waals surface area contributed by atoms with Crippen molar-refractivity contribution in [3.63, 3.8) is 0 Å². The fraction of sp³-hybridized carbons (Fsp3) is 0.611. The highest BCUT2D eigenvalue weighted by molar-refractivity contribution is 5.80. The molecular weight excluding hydrogens is 641 g/mol. The van der Waals surface area contributed by atoms with Crippen LogP contribution in [0.25, 0.3) is 0 Å². The third kappa shape index (κ3) is 7.77. The summed E-state index contributed by atoms with van der Waals surface area (Å²) in [6.45, 7) is 9.60. The number of carbonyl (C=O) groups excluding carboxylic acids is 2. The van der Waals surface area contributed by atoms with Gasteiger partial charge < -0.3 is 14.5 Å². The number of ether oxygens (including phenoxy) is 1. The van der Waals surface area contributed by atoms with Gasteiger partial charge in [0.2, 0.25) is 0 Å². The van der Waals surface area contributed by atoms with Crippen molar-refractivity contribution in [1.82, 2.24) is 9.80 Å². The molecule has 6 unspecified atom stereocenters. The smallest absolute Gasteiger partial charge is 0.416 e. The summed E-state index contributed by atoms with van der Waals surface area (Å²) in [4.78, 5) is 30.0. The summed E-state index contributed by atoms with van der Waals surface area (Å²) in [6.07, 6.45) is -5.89. The van der Waals surface area contributed by atoms with Gasteiger partial charge in [0.15, 0.2) is 0 Å². The summed E-state index contributed by atoms with van der Waals surface area (Å²) in [5, 5.41) is 0. The highest BCUT2D eigenvalue weighted by Gasteiger charge is 2.60. The average Bonchev–Trinajstić information content (AvgIpc) is 3.75. The van der Waals surface area contributed by atoms with E-state index in [1.807, 2.05) is 0 Å². The zero-order chi connectivity index (χ0) is 35.8. The Kier molecular flexibility index (Phi) is 11.2. The number of rotatable bonds is 10. The van der Waals surface area contributed by atoms with Crippen LogP contribution in [0.2, 0.25) is 0 Å². The number of amides is 2. The van der Waals surface area contributed by atoms with Crippen LogP contribution in [0, 0.1) is 35.9 Å². The molecule has 2 aliphatic rings. The van der Waals surface area contributed by atoms with E-state index in [0.717, 1.165) is 24.2 Å². The molecule has 0 aromatic heterocycles. The number of hydrogen-bond donors (Lipinski definition) is 0. The third-order valence-electron chi connectivity index (χ3n) is 10.7. The Morgan fingerprint density at radius 3 is 2.15 bits per heavy atom. The van der Waals surface area contributed by atoms with Crippen molar-refractivity contribution in [2.24, 2.45) is 23.2 Å². The molecule has 5 nitrogen and oxygen atoms in total. The van der Waals surface area contributed by atoms with Gasteiger partial charge in [0.1, 0.15) is 5.82 Å². The van der Waals surface area contributed by atoms with Gasteiger partial charge in [0.25, 0.3) is 0 Å². The average molecular weight is 687 g/mol. The van der Waals surface area contributed by atoms with E-state index in [1.165, 1.54) is 26.1 Å². The second-order valence-electron chi connectivity index (χ2n) is 13.5. The Morgan fingerprint density at radius 2 is 1.65 bits per heavy atom. The van der Waals surface area contributed by atoms with Gasteiger partial charge in [-0.2, -0.15) is 26.3 Å². The van der Waals surface area contributed by atoms with Crippen molar-refractivity contribution >= 4 is 12.0 Å². The van der Waals surface area contributed by atoms with Gasteiger partial charge in [-0.15, -0.1) is 0 Å². The van der Waals surface area contributed by atoms with E-state index in [2.05, 4.69) is 13.8 Å². The fourth-order valence-electron chi connectivity index (χ4n) is 7.66. The number of halogens is 7. The van der Waals surface area contributed by atoms with E-state index in [0.29, 0.717) is 49.1 Å². The number of urea groups is 1. The highest BCUT2D eigenvalue weighted by Crippen LogP contribution is 2.61. The van der Waals surface area contributed by atoms with Crippen LogP contribution in [0.15, 0.2) is 36.4 Å². The summed E-state index contributed by atoms with van der Waals surface area (Å²) >= 11 is 0. The number of nitrogens with zero attached hydrogens (tertiary/aromatic N) is 2. The lowest BCUT2D eigenvalue weighted by Crippen LogP contribution is -2.48. The fourth-order valence-corrected chi connectivity index (χ4v) is 7.66. The van der Waals surface area contributed by atoms with Crippen molar-refractivity contribution in [2.45, 2.75) is 97.6 Å². The highest BCUT2D eigenvalue weighted by atomic mass is 19.4. The topological polar surface area (TPSA) is 49.9 Å². The molecule has 2 fully saturated rings. The van der Waals surface area contributed by atoms with Crippen LogP contribution in [-0.4, -0.2) is 42.0 Å². The molecule has 2 aromatic carbocycles. The molecule has 266 valence electrons. The van der Waals surface area contributed by atoms with E-state index >= 15 is 0 Å². The zero-order valence-corrected chi connectivity index (χ0v) is 28.3. The molecule has 12 heteroatoms. The number of esters is 1. The summed E-state index contributed by atoms with van der Waals surface area (Å²) in [5.74, 6) is -0.147. The second kappa shape index (κ2) is 14.3. The number of benzene rings is 2. The standard InChI is InChI=1S/C36H45F7N2O3/c1-7-23(19-34(20-26(34)8-2)32(46)48-9-3)24-12-13-45(31(17-24)30-11-10-29(37)14-21(30)4)33(47)44(6)22(5)25-15-27(35(38,39)40)18-28(16-25)36(41,42)43/h10-11,14-16,18,22-24,26,31H,7-9,12-13,17,19-20H2,1-6H3. The summed E-state index contributed by atoms with van der Waals surface area (Å²) in [5.41, 5.74) is -2.41. The Bertz CT molecular complexity index is 1440. The normalized spacial score (nSPS) is 24.2. The summed E-state index contributed by atoms with van der Waals surface area (Å²) in [6, 6.07) is 3.42. The third-order valence-corrected chi connectivity index (χ3v) is 10.7.